The minimum absolute atomic E-state index is 0.0766. The lowest BCUT2D eigenvalue weighted by Gasteiger charge is -2.36. The van der Waals surface area contributed by atoms with Crippen LogP contribution in [0, 0.1) is 19.8 Å². The molecule has 3 amide bonds. The van der Waals surface area contributed by atoms with Crippen LogP contribution in [0.15, 0.2) is 48.5 Å². The molecule has 3 rings (SSSR count). The van der Waals surface area contributed by atoms with E-state index in [1.165, 1.54) is 0 Å². The Hall–Kier alpha value is -3.35. The third-order valence-electron chi connectivity index (χ3n) is 6.09. The third kappa shape index (κ3) is 7.09. The van der Waals surface area contributed by atoms with Gasteiger partial charge in [-0.25, -0.2) is 4.79 Å². The minimum Gasteiger partial charge on any atom is -0.444 e. The molecular formula is C29H39N3O4. The molecule has 2 N–H and O–H groups in total. The van der Waals surface area contributed by atoms with Crippen molar-refractivity contribution in [2.45, 2.75) is 85.0 Å². The highest BCUT2D eigenvalue weighted by molar-refractivity contribution is 5.99. The highest BCUT2D eigenvalue weighted by Crippen LogP contribution is 2.37. The molecule has 1 saturated carbocycles. The summed E-state index contributed by atoms with van der Waals surface area (Å²) in [6, 6.07) is 13.5. The molecule has 36 heavy (non-hydrogen) atoms. The summed E-state index contributed by atoms with van der Waals surface area (Å²) in [7, 11) is 0. The number of carbonyl (C=O) groups excluding carboxylic acids is 3. The van der Waals surface area contributed by atoms with Crippen LogP contribution in [0.2, 0.25) is 0 Å². The Morgan fingerprint density at radius 3 is 2.22 bits per heavy atom. The topological polar surface area (TPSA) is 87.7 Å². The van der Waals surface area contributed by atoms with E-state index < -0.39 is 23.8 Å². The van der Waals surface area contributed by atoms with Crippen molar-refractivity contribution in [3.8, 4) is 0 Å². The number of hydrogen-bond acceptors (Lipinski definition) is 4. The molecule has 2 atom stereocenters. The molecule has 2 unspecified atom stereocenters. The van der Waals surface area contributed by atoms with E-state index >= 15 is 0 Å². The van der Waals surface area contributed by atoms with Crippen LogP contribution in [0.1, 0.15) is 70.2 Å². The Morgan fingerprint density at radius 2 is 1.67 bits per heavy atom. The number of amides is 3. The van der Waals surface area contributed by atoms with Crippen LogP contribution in [0.4, 0.5) is 10.5 Å². The summed E-state index contributed by atoms with van der Waals surface area (Å²) in [6.45, 7) is 13.0. The van der Waals surface area contributed by atoms with E-state index in [4.69, 9.17) is 4.74 Å². The zero-order chi connectivity index (χ0) is 26.6. The van der Waals surface area contributed by atoms with Crippen LogP contribution in [0.3, 0.4) is 0 Å². The number of rotatable bonds is 8. The van der Waals surface area contributed by atoms with Crippen molar-refractivity contribution in [2.24, 2.45) is 5.92 Å². The summed E-state index contributed by atoms with van der Waals surface area (Å²) in [5.41, 5.74) is 2.68. The van der Waals surface area contributed by atoms with Crippen LogP contribution >= 0.6 is 0 Å². The minimum atomic E-state index is -0.841. The first kappa shape index (κ1) is 27.2. The van der Waals surface area contributed by atoms with Gasteiger partial charge in [0.05, 0.1) is 0 Å². The molecule has 0 saturated heterocycles. The standard InChI is InChI=1S/C29H39N3O4/c1-18(2)24(31-28(35)36-29(5,6)7)27(34)32(22-15-16-22)25(21-13-10-11-19(3)17-21)26(33)30-23-14-9-8-12-20(23)4/h8-14,17-18,22,24-25H,15-16H2,1-7H3,(H,30,33)(H,31,35). The highest BCUT2D eigenvalue weighted by atomic mass is 16.6. The first-order valence-corrected chi connectivity index (χ1v) is 12.6. The fourth-order valence-electron chi connectivity index (χ4n) is 4.17. The molecule has 1 aliphatic rings. The van der Waals surface area contributed by atoms with Crippen LogP contribution in [-0.4, -0.2) is 40.5 Å². The quantitative estimate of drug-likeness (QED) is 0.507. The van der Waals surface area contributed by atoms with Gasteiger partial charge in [0.2, 0.25) is 5.91 Å². The van der Waals surface area contributed by atoms with E-state index in [1.54, 1.807) is 25.7 Å². The molecule has 0 bridgehead atoms. The summed E-state index contributed by atoms with van der Waals surface area (Å²) in [6.07, 6.45) is 0.966. The van der Waals surface area contributed by atoms with Crippen molar-refractivity contribution in [2.75, 3.05) is 5.32 Å². The number of para-hydroxylation sites is 1. The molecule has 2 aromatic rings. The van der Waals surface area contributed by atoms with Crippen LogP contribution in [0.5, 0.6) is 0 Å². The average molecular weight is 494 g/mol. The van der Waals surface area contributed by atoms with Gasteiger partial charge in [-0.1, -0.05) is 61.9 Å². The SMILES string of the molecule is Cc1cccc(C(C(=O)Nc2ccccc2C)N(C(=O)C(NC(=O)OC(C)(C)C)C(C)C)C2CC2)c1. The highest BCUT2D eigenvalue weighted by Gasteiger charge is 2.44. The van der Waals surface area contributed by atoms with Crippen molar-refractivity contribution in [1.29, 1.82) is 0 Å². The second kappa shape index (κ2) is 11.1. The molecule has 7 nitrogen and oxygen atoms in total. The maximum Gasteiger partial charge on any atom is 0.408 e. The largest absolute Gasteiger partial charge is 0.444 e. The molecule has 0 spiro atoms. The number of anilines is 1. The summed E-state index contributed by atoms with van der Waals surface area (Å²) in [5, 5.41) is 5.81. The van der Waals surface area contributed by atoms with Gasteiger partial charge < -0.3 is 20.3 Å². The molecule has 7 heteroatoms. The van der Waals surface area contributed by atoms with Gasteiger partial charge in [0.25, 0.3) is 5.91 Å². The molecule has 2 aromatic carbocycles. The molecular weight excluding hydrogens is 454 g/mol. The Morgan fingerprint density at radius 1 is 1.00 bits per heavy atom. The summed E-state index contributed by atoms with van der Waals surface area (Å²) < 4.78 is 5.42. The van der Waals surface area contributed by atoms with Gasteiger partial charge in [0, 0.05) is 11.7 Å². The molecule has 0 aromatic heterocycles. The number of aryl methyl sites for hydroxylation is 2. The predicted octanol–water partition coefficient (Wildman–Crippen LogP) is 5.52. The number of carbonyl (C=O) groups is 3. The molecule has 1 fully saturated rings. The Balaban J connectivity index is 1.99. The average Bonchev–Trinajstić information content (AvgIpc) is 3.60. The molecule has 0 radical (unpaired) electrons. The number of benzene rings is 2. The van der Waals surface area contributed by atoms with Crippen molar-refractivity contribution in [1.82, 2.24) is 10.2 Å². The first-order valence-electron chi connectivity index (χ1n) is 12.6. The van der Waals surface area contributed by atoms with E-state index in [1.807, 2.05) is 76.2 Å². The summed E-state index contributed by atoms with van der Waals surface area (Å²) >= 11 is 0. The van der Waals surface area contributed by atoms with Gasteiger partial charge in [-0.15, -0.1) is 0 Å². The maximum atomic E-state index is 14.1. The van der Waals surface area contributed by atoms with E-state index in [2.05, 4.69) is 10.6 Å². The molecule has 194 valence electrons. The van der Waals surface area contributed by atoms with Gasteiger partial charge in [0.15, 0.2) is 0 Å². The van der Waals surface area contributed by atoms with Gasteiger partial charge >= 0.3 is 6.09 Å². The normalized spacial score (nSPS) is 15.1. The first-order chi connectivity index (χ1) is 16.9. The second-order valence-corrected chi connectivity index (χ2v) is 11.0. The molecule has 0 heterocycles. The van der Waals surface area contributed by atoms with Crippen molar-refractivity contribution < 1.29 is 19.1 Å². The fraction of sp³-hybridized carbons (Fsp3) is 0.483. The van der Waals surface area contributed by atoms with Crippen molar-refractivity contribution in [3.63, 3.8) is 0 Å². The van der Waals surface area contributed by atoms with Crippen LogP contribution < -0.4 is 10.6 Å². The summed E-state index contributed by atoms with van der Waals surface area (Å²) in [5.74, 6) is -0.774. The van der Waals surface area contributed by atoms with Gasteiger partial charge in [-0.05, 0) is 70.6 Å². The van der Waals surface area contributed by atoms with Gasteiger partial charge in [0.1, 0.15) is 17.7 Å². The lowest BCUT2D eigenvalue weighted by Crippen LogP contribution is -2.55. The number of alkyl carbamates (subject to hydrolysis) is 1. The molecule has 1 aliphatic carbocycles. The molecule has 0 aliphatic heterocycles. The fourth-order valence-corrected chi connectivity index (χ4v) is 4.17. The maximum absolute atomic E-state index is 14.1. The second-order valence-electron chi connectivity index (χ2n) is 11.0. The zero-order valence-corrected chi connectivity index (χ0v) is 22.4. The van der Waals surface area contributed by atoms with Crippen LogP contribution in [0.25, 0.3) is 0 Å². The van der Waals surface area contributed by atoms with E-state index in [0.29, 0.717) is 5.69 Å². The number of nitrogens with one attached hydrogen (secondary N) is 2. The third-order valence-corrected chi connectivity index (χ3v) is 6.09. The predicted molar refractivity (Wildman–Crippen MR) is 142 cm³/mol. The number of ether oxygens (including phenoxy) is 1. The van der Waals surface area contributed by atoms with Gasteiger partial charge in [-0.3, -0.25) is 9.59 Å². The van der Waals surface area contributed by atoms with E-state index in [-0.39, 0.29) is 23.8 Å². The van der Waals surface area contributed by atoms with Gasteiger partial charge in [-0.2, -0.15) is 0 Å². The zero-order valence-electron chi connectivity index (χ0n) is 22.4. The van der Waals surface area contributed by atoms with Crippen molar-refractivity contribution in [3.05, 3.63) is 65.2 Å². The number of hydrogen-bond donors (Lipinski definition) is 2. The van der Waals surface area contributed by atoms with Crippen LogP contribution in [-0.2, 0) is 14.3 Å². The monoisotopic (exact) mass is 493 g/mol. The number of nitrogens with zero attached hydrogens (tertiary/aromatic N) is 1. The lowest BCUT2D eigenvalue weighted by molar-refractivity contribution is -0.142. The Kier molecular flexibility index (Phi) is 8.43. The van der Waals surface area contributed by atoms with E-state index in [0.717, 1.165) is 29.5 Å². The lowest BCUT2D eigenvalue weighted by atomic mass is 9.97. The summed E-state index contributed by atoms with van der Waals surface area (Å²) in [4.78, 5) is 42.2. The Labute approximate surface area is 214 Å². The Bertz CT molecular complexity index is 1100. The smallest absolute Gasteiger partial charge is 0.408 e. The van der Waals surface area contributed by atoms with Crippen molar-refractivity contribution >= 4 is 23.6 Å². The van der Waals surface area contributed by atoms with E-state index in [9.17, 15) is 14.4 Å².